The third-order valence-corrected chi connectivity index (χ3v) is 5.97. The number of carbonyl (C=O) groups is 1. The summed E-state index contributed by atoms with van der Waals surface area (Å²) in [6, 6.07) is 0. The molecule has 0 unspecified atom stereocenters. The lowest BCUT2D eigenvalue weighted by Gasteiger charge is -2.04. The van der Waals surface area contributed by atoms with E-state index in [1.54, 1.807) is 0 Å². The number of ketones is 1. The molecule has 27 heavy (non-hydrogen) atoms. The van der Waals surface area contributed by atoms with Crippen LogP contribution in [0.25, 0.3) is 0 Å². The first-order valence-corrected chi connectivity index (χ1v) is 13.4. The second kappa shape index (κ2) is 19.3. The first-order valence-electron chi connectivity index (χ1n) is 11.5. The Morgan fingerprint density at radius 2 is 0.852 bits per heavy atom. The Kier molecular flexibility index (Phi) is 19.3. The molecule has 0 saturated heterocycles. The molecule has 0 saturated carbocycles. The van der Waals surface area contributed by atoms with Crippen LogP contribution < -0.4 is 0 Å². The SMILES string of the molecule is CCCCCCCCCCCCCCCCCCCCC(=O)C[P+](O)(O)O. The predicted molar refractivity (Wildman–Crippen MR) is 117 cm³/mol. The van der Waals surface area contributed by atoms with Crippen LogP contribution in [-0.4, -0.2) is 26.6 Å². The van der Waals surface area contributed by atoms with Crippen LogP contribution in [0.4, 0.5) is 0 Å². The van der Waals surface area contributed by atoms with Gasteiger partial charge in [0.05, 0.1) is 0 Å². The fourth-order valence-corrected chi connectivity index (χ4v) is 4.17. The lowest BCUT2D eigenvalue weighted by molar-refractivity contribution is -0.117. The molecule has 3 N–H and O–H groups in total. The molecule has 0 radical (unpaired) electrons. The van der Waals surface area contributed by atoms with E-state index in [4.69, 9.17) is 14.7 Å². The Morgan fingerprint density at radius 1 is 0.556 bits per heavy atom. The van der Waals surface area contributed by atoms with E-state index in [1.165, 1.54) is 96.3 Å². The van der Waals surface area contributed by atoms with E-state index in [2.05, 4.69) is 6.92 Å². The highest BCUT2D eigenvalue weighted by atomic mass is 31.2. The summed E-state index contributed by atoms with van der Waals surface area (Å²) >= 11 is 0. The van der Waals surface area contributed by atoms with Gasteiger partial charge in [-0.3, -0.25) is 4.79 Å². The Labute approximate surface area is 168 Å². The minimum absolute atomic E-state index is 0.243. The van der Waals surface area contributed by atoms with Crippen molar-refractivity contribution in [1.82, 2.24) is 0 Å². The molecular formula is C22H46O4P+. The van der Waals surface area contributed by atoms with Crippen LogP contribution in [0.15, 0.2) is 0 Å². The summed E-state index contributed by atoms with van der Waals surface area (Å²) in [5.41, 5.74) is 0. The third kappa shape index (κ3) is 23.9. The lowest BCUT2D eigenvalue weighted by atomic mass is 10.0. The van der Waals surface area contributed by atoms with Gasteiger partial charge in [-0.25, -0.2) is 0 Å². The van der Waals surface area contributed by atoms with Crippen molar-refractivity contribution >= 4 is 13.7 Å². The van der Waals surface area contributed by atoms with Crippen LogP contribution in [0.2, 0.25) is 0 Å². The van der Waals surface area contributed by atoms with Crippen molar-refractivity contribution in [3.63, 3.8) is 0 Å². The zero-order valence-corrected chi connectivity index (χ0v) is 18.7. The molecule has 0 bridgehead atoms. The van der Waals surface area contributed by atoms with Gasteiger partial charge in [0.15, 0.2) is 11.9 Å². The van der Waals surface area contributed by atoms with Crippen molar-refractivity contribution in [3.8, 4) is 0 Å². The molecule has 0 amide bonds. The summed E-state index contributed by atoms with van der Waals surface area (Å²) in [6.07, 6.45) is 23.5. The van der Waals surface area contributed by atoms with Crippen molar-refractivity contribution in [2.75, 3.05) is 6.16 Å². The van der Waals surface area contributed by atoms with E-state index in [9.17, 15) is 4.79 Å². The summed E-state index contributed by atoms with van der Waals surface area (Å²) in [4.78, 5) is 37.9. The zero-order chi connectivity index (χ0) is 20.2. The fraction of sp³-hybridized carbons (Fsp3) is 0.955. The van der Waals surface area contributed by atoms with Crippen LogP contribution in [0.3, 0.4) is 0 Å². The second-order valence-corrected chi connectivity index (χ2v) is 9.85. The molecule has 0 atom stereocenters. The topological polar surface area (TPSA) is 77.8 Å². The molecule has 0 aromatic heterocycles. The van der Waals surface area contributed by atoms with Crippen LogP contribution >= 0.6 is 7.94 Å². The average molecular weight is 406 g/mol. The Morgan fingerprint density at radius 3 is 1.15 bits per heavy atom. The quantitative estimate of drug-likeness (QED) is 0.146. The van der Waals surface area contributed by atoms with E-state index >= 15 is 0 Å². The largest absolute Gasteiger partial charge is 0.411 e. The number of unbranched alkanes of at least 4 members (excludes halogenated alkanes) is 17. The van der Waals surface area contributed by atoms with E-state index in [-0.39, 0.29) is 5.78 Å². The highest BCUT2D eigenvalue weighted by molar-refractivity contribution is 7.59. The minimum atomic E-state index is -3.92. The zero-order valence-electron chi connectivity index (χ0n) is 17.8. The molecule has 0 aliphatic rings. The average Bonchev–Trinajstić information content (AvgIpc) is 2.59. The van der Waals surface area contributed by atoms with Gasteiger partial charge in [0.25, 0.3) is 0 Å². The first kappa shape index (κ1) is 27.0. The van der Waals surface area contributed by atoms with E-state index in [1.807, 2.05) is 0 Å². The van der Waals surface area contributed by atoms with E-state index in [0.29, 0.717) is 6.42 Å². The van der Waals surface area contributed by atoms with Crippen molar-refractivity contribution < 1.29 is 19.5 Å². The van der Waals surface area contributed by atoms with Gasteiger partial charge in [-0.15, -0.1) is 0 Å². The molecule has 0 aromatic carbocycles. The fourth-order valence-electron chi connectivity index (χ4n) is 3.54. The van der Waals surface area contributed by atoms with Gasteiger partial charge >= 0.3 is 7.94 Å². The summed E-state index contributed by atoms with van der Waals surface area (Å²) < 4.78 is 0. The van der Waals surface area contributed by atoms with Gasteiger partial charge in [-0.05, 0) is 6.42 Å². The van der Waals surface area contributed by atoms with Gasteiger partial charge in [0.1, 0.15) is 0 Å². The van der Waals surface area contributed by atoms with Gasteiger partial charge in [-0.1, -0.05) is 116 Å². The molecule has 0 fully saturated rings. The van der Waals surface area contributed by atoms with E-state index < -0.39 is 14.1 Å². The lowest BCUT2D eigenvalue weighted by Crippen LogP contribution is -2.08. The highest BCUT2D eigenvalue weighted by Crippen LogP contribution is 2.44. The normalized spacial score (nSPS) is 11.9. The number of hydrogen-bond acceptors (Lipinski definition) is 4. The maximum absolute atomic E-state index is 11.4. The van der Waals surface area contributed by atoms with Crippen molar-refractivity contribution in [2.24, 2.45) is 0 Å². The summed E-state index contributed by atoms with van der Waals surface area (Å²) in [5, 5.41) is 0. The summed E-state index contributed by atoms with van der Waals surface area (Å²) in [5.74, 6) is -0.243. The number of carbonyl (C=O) groups excluding carboxylic acids is 1. The van der Waals surface area contributed by atoms with Crippen molar-refractivity contribution in [3.05, 3.63) is 0 Å². The molecule has 0 spiro atoms. The smallest absolute Gasteiger partial charge is 0.295 e. The molecule has 0 rings (SSSR count). The van der Waals surface area contributed by atoms with Crippen LogP contribution in [0.1, 0.15) is 129 Å². The molecule has 0 aliphatic heterocycles. The van der Waals surface area contributed by atoms with Gasteiger partial charge in [-0.2, -0.15) is 14.7 Å². The minimum Gasteiger partial charge on any atom is -0.295 e. The summed E-state index contributed by atoms with van der Waals surface area (Å²) in [7, 11) is -3.92. The molecule has 5 heteroatoms. The molecule has 0 aromatic rings. The molecule has 4 nitrogen and oxygen atoms in total. The van der Waals surface area contributed by atoms with Crippen LogP contribution in [-0.2, 0) is 4.79 Å². The Balaban J connectivity index is 3.12. The highest BCUT2D eigenvalue weighted by Gasteiger charge is 2.32. The van der Waals surface area contributed by atoms with E-state index in [0.717, 1.165) is 19.3 Å². The van der Waals surface area contributed by atoms with Crippen molar-refractivity contribution in [1.29, 1.82) is 0 Å². The summed E-state index contributed by atoms with van der Waals surface area (Å²) in [6.45, 7) is 2.27. The van der Waals surface area contributed by atoms with Crippen LogP contribution in [0.5, 0.6) is 0 Å². The number of hydrogen-bond donors (Lipinski definition) is 3. The second-order valence-electron chi connectivity index (χ2n) is 8.15. The van der Waals surface area contributed by atoms with Crippen molar-refractivity contribution in [2.45, 2.75) is 129 Å². The third-order valence-electron chi connectivity index (χ3n) is 5.20. The maximum atomic E-state index is 11.4. The number of rotatable bonds is 21. The Bertz CT molecular complexity index is 329. The number of Topliss-reactive ketones (excluding diaryl/α,β-unsaturated/α-hetero) is 1. The van der Waals surface area contributed by atoms with Gasteiger partial charge in [0.2, 0.25) is 0 Å². The van der Waals surface area contributed by atoms with Gasteiger partial charge in [0, 0.05) is 6.42 Å². The predicted octanol–water partition coefficient (Wildman–Crippen LogP) is 6.73. The molecule has 0 aliphatic carbocycles. The molecule has 0 heterocycles. The standard InChI is InChI=1S/C22H46O4P/c1-2-3-4-5-6-7-8-9-10-11-12-13-14-15-16-17-18-19-20-22(23)21-27(24,25)26/h24-26H,2-21H2,1H3/q+1. The van der Waals surface area contributed by atoms with Gasteiger partial charge < -0.3 is 0 Å². The maximum Gasteiger partial charge on any atom is 0.411 e. The van der Waals surface area contributed by atoms with Crippen LogP contribution in [0, 0.1) is 0 Å². The monoisotopic (exact) mass is 405 g/mol. The first-order chi connectivity index (χ1) is 13.0. The molecular weight excluding hydrogens is 359 g/mol. The molecule has 162 valence electrons. The Hall–Kier alpha value is -0.0200.